The first-order valence-corrected chi connectivity index (χ1v) is 6.78. The van der Waals surface area contributed by atoms with Crippen molar-refractivity contribution in [2.45, 2.75) is 6.61 Å². The Balaban J connectivity index is 2.26. The summed E-state index contributed by atoms with van der Waals surface area (Å²) >= 11 is 0. The van der Waals surface area contributed by atoms with Gasteiger partial charge in [0.1, 0.15) is 17.9 Å². The summed E-state index contributed by atoms with van der Waals surface area (Å²) in [6.07, 6.45) is 0. The molecule has 2 aromatic rings. The molecule has 2 rings (SSSR count). The first-order chi connectivity index (χ1) is 10.7. The van der Waals surface area contributed by atoms with E-state index in [2.05, 4.69) is 0 Å². The van der Waals surface area contributed by atoms with Gasteiger partial charge < -0.3 is 15.2 Å². The lowest BCUT2D eigenvalue weighted by atomic mass is 10.1. The van der Waals surface area contributed by atoms with E-state index in [9.17, 15) is 9.59 Å². The molecule has 0 aliphatic rings. The summed E-state index contributed by atoms with van der Waals surface area (Å²) in [5, 5.41) is 0. The van der Waals surface area contributed by atoms with Crippen LogP contribution in [0.2, 0.25) is 0 Å². The molecular formula is C17H17NO4. The summed E-state index contributed by atoms with van der Waals surface area (Å²) in [5.74, 6) is -0.446. The zero-order chi connectivity index (χ0) is 15.9. The van der Waals surface area contributed by atoms with E-state index in [1.807, 2.05) is 30.3 Å². The number of benzene rings is 2. The van der Waals surface area contributed by atoms with Gasteiger partial charge in [-0.15, -0.1) is 0 Å². The molecule has 0 aromatic heterocycles. The zero-order valence-electron chi connectivity index (χ0n) is 12.2. The molecule has 0 unspecified atom stereocenters. The summed E-state index contributed by atoms with van der Waals surface area (Å²) < 4.78 is 10.4. The van der Waals surface area contributed by atoms with Gasteiger partial charge in [0.05, 0.1) is 13.7 Å². The van der Waals surface area contributed by atoms with Crippen molar-refractivity contribution in [3.05, 3.63) is 65.2 Å². The third kappa shape index (κ3) is 3.71. The molecule has 0 fully saturated rings. The summed E-state index contributed by atoms with van der Waals surface area (Å²) in [7, 11) is 1.28. The monoisotopic (exact) mass is 299 g/mol. The molecule has 0 amide bonds. The maximum atomic E-state index is 11.9. The predicted octanol–water partition coefficient (Wildman–Crippen LogP) is 2.19. The normalized spacial score (nSPS) is 10.1. The molecule has 0 heterocycles. The third-order valence-corrected chi connectivity index (χ3v) is 3.13. The maximum Gasteiger partial charge on any atom is 0.341 e. The smallest absolute Gasteiger partial charge is 0.341 e. The van der Waals surface area contributed by atoms with Crippen molar-refractivity contribution >= 4 is 11.8 Å². The van der Waals surface area contributed by atoms with Crippen LogP contribution in [0.4, 0.5) is 0 Å². The van der Waals surface area contributed by atoms with Gasteiger partial charge in [-0.1, -0.05) is 30.3 Å². The van der Waals surface area contributed by atoms with Crippen LogP contribution in [0.1, 0.15) is 26.3 Å². The second-order valence-electron chi connectivity index (χ2n) is 4.60. The van der Waals surface area contributed by atoms with Crippen LogP contribution in [0.25, 0.3) is 0 Å². The van der Waals surface area contributed by atoms with Crippen LogP contribution in [0, 0.1) is 0 Å². The lowest BCUT2D eigenvalue weighted by molar-refractivity contribution is 0.0595. The Morgan fingerprint density at radius 3 is 2.45 bits per heavy atom. The van der Waals surface area contributed by atoms with Crippen LogP contribution in [-0.2, 0) is 11.3 Å². The van der Waals surface area contributed by atoms with Gasteiger partial charge in [0.2, 0.25) is 0 Å². The fraction of sp³-hybridized carbons (Fsp3) is 0.176. The number of rotatable bonds is 6. The lowest BCUT2D eigenvalue weighted by Crippen LogP contribution is -2.15. The number of nitrogens with two attached hydrogens (primary N) is 1. The third-order valence-electron chi connectivity index (χ3n) is 3.13. The summed E-state index contributed by atoms with van der Waals surface area (Å²) in [6.45, 7) is 0.194. The number of esters is 1. The minimum atomic E-state index is -0.560. The summed E-state index contributed by atoms with van der Waals surface area (Å²) in [4.78, 5) is 23.5. The lowest BCUT2D eigenvalue weighted by Gasteiger charge is -2.11. The molecule has 0 spiro atoms. The first-order valence-electron chi connectivity index (χ1n) is 6.78. The largest absolute Gasteiger partial charge is 0.488 e. The highest BCUT2D eigenvalue weighted by Gasteiger charge is 2.16. The second-order valence-corrected chi connectivity index (χ2v) is 4.60. The van der Waals surface area contributed by atoms with Crippen LogP contribution < -0.4 is 10.5 Å². The SMILES string of the molecule is COC(=O)c1cc(C(=O)CN)ccc1OCc1ccccc1. The molecule has 0 aliphatic heterocycles. The molecule has 22 heavy (non-hydrogen) atoms. The predicted molar refractivity (Wildman–Crippen MR) is 81.9 cm³/mol. The summed E-state index contributed by atoms with van der Waals surface area (Å²) in [5.41, 5.74) is 6.87. The number of Topliss-reactive ketones (excluding diaryl/α,β-unsaturated/α-hetero) is 1. The summed E-state index contributed by atoms with van der Waals surface area (Å²) in [6, 6.07) is 14.2. The first kappa shape index (κ1) is 15.7. The Hall–Kier alpha value is -2.66. The van der Waals surface area contributed by atoms with Crippen molar-refractivity contribution in [3.8, 4) is 5.75 Å². The molecule has 2 N–H and O–H groups in total. The van der Waals surface area contributed by atoms with Gasteiger partial charge >= 0.3 is 5.97 Å². The van der Waals surface area contributed by atoms with E-state index in [1.165, 1.54) is 13.2 Å². The van der Waals surface area contributed by atoms with Gasteiger partial charge in [-0.25, -0.2) is 4.79 Å². The van der Waals surface area contributed by atoms with Crippen LogP contribution in [0.3, 0.4) is 0 Å². The molecule has 0 atom stereocenters. The van der Waals surface area contributed by atoms with E-state index >= 15 is 0 Å². The number of ketones is 1. The highest BCUT2D eigenvalue weighted by atomic mass is 16.5. The molecule has 0 radical (unpaired) electrons. The second kappa shape index (κ2) is 7.38. The van der Waals surface area contributed by atoms with Crippen LogP contribution in [-0.4, -0.2) is 25.4 Å². The molecule has 0 saturated heterocycles. The van der Waals surface area contributed by atoms with E-state index in [4.69, 9.17) is 15.2 Å². The van der Waals surface area contributed by atoms with E-state index in [0.29, 0.717) is 17.9 Å². The van der Waals surface area contributed by atoms with E-state index in [-0.39, 0.29) is 17.9 Å². The van der Waals surface area contributed by atoms with Gasteiger partial charge in [-0.2, -0.15) is 0 Å². The average molecular weight is 299 g/mol. The molecule has 5 heteroatoms. The highest BCUT2D eigenvalue weighted by Crippen LogP contribution is 2.22. The van der Waals surface area contributed by atoms with Crippen LogP contribution >= 0.6 is 0 Å². The van der Waals surface area contributed by atoms with Crippen molar-refractivity contribution in [2.24, 2.45) is 5.73 Å². The Morgan fingerprint density at radius 1 is 1.09 bits per heavy atom. The molecule has 0 saturated carbocycles. The molecular weight excluding hydrogens is 282 g/mol. The van der Waals surface area contributed by atoms with Crippen LogP contribution in [0.15, 0.2) is 48.5 Å². The number of hydrogen-bond acceptors (Lipinski definition) is 5. The van der Waals surface area contributed by atoms with Crippen molar-refractivity contribution in [1.82, 2.24) is 0 Å². The Bertz CT molecular complexity index is 668. The zero-order valence-corrected chi connectivity index (χ0v) is 12.2. The van der Waals surface area contributed by atoms with Crippen molar-refractivity contribution in [1.29, 1.82) is 0 Å². The minimum absolute atomic E-state index is 0.120. The van der Waals surface area contributed by atoms with E-state index in [1.54, 1.807) is 12.1 Å². The Morgan fingerprint density at radius 2 is 1.82 bits per heavy atom. The van der Waals surface area contributed by atoms with Crippen LogP contribution in [0.5, 0.6) is 5.75 Å². The van der Waals surface area contributed by atoms with Gasteiger partial charge in [0.15, 0.2) is 5.78 Å². The number of methoxy groups -OCH3 is 1. The topological polar surface area (TPSA) is 78.6 Å². The maximum absolute atomic E-state index is 11.9. The highest BCUT2D eigenvalue weighted by molar-refractivity contribution is 6.01. The Labute approximate surface area is 128 Å². The van der Waals surface area contributed by atoms with Crippen molar-refractivity contribution in [3.63, 3.8) is 0 Å². The standard InChI is InChI=1S/C17H17NO4/c1-21-17(20)14-9-13(15(19)10-18)7-8-16(14)22-11-12-5-3-2-4-6-12/h2-9H,10-11,18H2,1H3. The molecule has 5 nitrogen and oxygen atoms in total. The molecule has 2 aromatic carbocycles. The molecule has 0 bridgehead atoms. The quantitative estimate of drug-likeness (QED) is 0.653. The van der Waals surface area contributed by atoms with Gasteiger partial charge in [0.25, 0.3) is 0 Å². The van der Waals surface area contributed by atoms with E-state index < -0.39 is 5.97 Å². The van der Waals surface area contributed by atoms with Crippen molar-refractivity contribution in [2.75, 3.05) is 13.7 Å². The fourth-order valence-electron chi connectivity index (χ4n) is 1.95. The van der Waals surface area contributed by atoms with E-state index in [0.717, 1.165) is 5.56 Å². The Kier molecular flexibility index (Phi) is 5.27. The number of carbonyl (C=O) groups excluding carboxylic acids is 2. The molecule has 0 aliphatic carbocycles. The average Bonchev–Trinajstić information content (AvgIpc) is 2.59. The number of hydrogen-bond donors (Lipinski definition) is 1. The van der Waals surface area contributed by atoms with Gasteiger partial charge in [0, 0.05) is 5.56 Å². The van der Waals surface area contributed by atoms with Crippen molar-refractivity contribution < 1.29 is 19.1 Å². The van der Waals surface area contributed by atoms with Gasteiger partial charge in [-0.3, -0.25) is 4.79 Å². The molecule has 114 valence electrons. The van der Waals surface area contributed by atoms with Gasteiger partial charge in [-0.05, 0) is 23.8 Å². The number of carbonyl (C=O) groups is 2. The fourth-order valence-corrected chi connectivity index (χ4v) is 1.95. The minimum Gasteiger partial charge on any atom is -0.488 e. The number of ether oxygens (including phenoxy) is 2.